The van der Waals surface area contributed by atoms with Crippen LogP contribution in [0.2, 0.25) is 0 Å². The first-order valence-electron chi connectivity index (χ1n) is 10.6. The molecule has 0 unspecified atom stereocenters. The van der Waals surface area contributed by atoms with E-state index >= 15 is 0 Å². The molecule has 4 rings (SSSR count). The molecule has 3 aromatic rings. The molecule has 0 saturated heterocycles. The Labute approximate surface area is 192 Å². The van der Waals surface area contributed by atoms with Gasteiger partial charge in [0.15, 0.2) is 5.52 Å². The quantitative estimate of drug-likeness (QED) is 0.319. The van der Waals surface area contributed by atoms with Gasteiger partial charge in [-0.1, -0.05) is 32.7 Å². The zero-order valence-electron chi connectivity index (χ0n) is 19.3. The summed E-state index contributed by atoms with van der Waals surface area (Å²) in [6, 6.07) is 6.22. The van der Waals surface area contributed by atoms with Crippen molar-refractivity contribution in [2.75, 3.05) is 7.11 Å². The molecule has 0 aliphatic heterocycles. The third-order valence-electron chi connectivity index (χ3n) is 6.70. The molecule has 32 heavy (non-hydrogen) atoms. The summed E-state index contributed by atoms with van der Waals surface area (Å²) in [4.78, 5) is 8.27. The molecule has 9 heteroatoms. The Kier molecular flexibility index (Phi) is 5.58. The molecule has 2 heterocycles. The Morgan fingerprint density at radius 2 is 1.81 bits per heavy atom. The Balaban J connectivity index is 1.88. The van der Waals surface area contributed by atoms with Gasteiger partial charge in [0.1, 0.15) is 17.0 Å². The van der Waals surface area contributed by atoms with E-state index in [0.29, 0.717) is 28.2 Å². The van der Waals surface area contributed by atoms with Crippen LogP contribution in [0.15, 0.2) is 24.4 Å². The smallest absolute Gasteiger partial charge is 0.402 e. The van der Waals surface area contributed by atoms with Gasteiger partial charge in [0.2, 0.25) is 0 Å². The first-order chi connectivity index (χ1) is 14.8. The van der Waals surface area contributed by atoms with Gasteiger partial charge < -0.3 is 4.74 Å². The molecule has 0 bridgehead atoms. The summed E-state index contributed by atoms with van der Waals surface area (Å²) >= 11 is 0. The van der Waals surface area contributed by atoms with E-state index in [1.165, 1.54) is 11.1 Å². The summed E-state index contributed by atoms with van der Waals surface area (Å²) in [6.45, 7) is 11.0. The second-order valence-electron chi connectivity index (χ2n) is 9.76. The van der Waals surface area contributed by atoms with Crippen LogP contribution in [-0.2, 0) is 25.7 Å². The van der Waals surface area contributed by atoms with Crippen LogP contribution in [0, 0.1) is 6.92 Å². The molecule has 0 spiro atoms. The van der Waals surface area contributed by atoms with E-state index in [9.17, 15) is 13.0 Å². The Morgan fingerprint density at radius 3 is 2.41 bits per heavy atom. The van der Waals surface area contributed by atoms with Gasteiger partial charge in [0.05, 0.1) is 19.1 Å². The molecule has 2 N–H and O–H groups in total. The highest BCUT2D eigenvalue weighted by Gasteiger charge is 2.38. The Hall–Kier alpha value is -2.10. The highest BCUT2D eigenvalue weighted by atomic mass is 33.1. The van der Waals surface area contributed by atoms with Gasteiger partial charge in [0.25, 0.3) is 0 Å². The monoisotopic (exact) mass is 476 g/mol. The number of fused-ring (bicyclic) bond motifs is 2. The minimum absolute atomic E-state index is 0.0511. The van der Waals surface area contributed by atoms with Crippen molar-refractivity contribution >= 4 is 31.0 Å². The summed E-state index contributed by atoms with van der Waals surface area (Å²) in [7, 11) is -2.15. The van der Waals surface area contributed by atoms with E-state index in [0.717, 1.165) is 29.4 Å². The Morgan fingerprint density at radius 1 is 1.19 bits per heavy atom. The fourth-order valence-electron chi connectivity index (χ4n) is 4.58. The normalized spacial score (nSPS) is 17.3. The van der Waals surface area contributed by atoms with Crippen LogP contribution >= 0.6 is 10.8 Å². The molecule has 0 amide bonds. The molecule has 0 fully saturated rings. The third kappa shape index (κ3) is 4.13. The average molecular weight is 477 g/mol. The van der Waals surface area contributed by atoms with Crippen LogP contribution < -0.4 is 9.30 Å². The molecule has 0 atom stereocenters. The molecule has 0 saturated carbocycles. The van der Waals surface area contributed by atoms with Crippen LogP contribution in [0.25, 0.3) is 17.0 Å². The minimum atomic E-state index is -4.19. The maximum absolute atomic E-state index is 11.4. The number of benzene rings is 1. The van der Waals surface area contributed by atoms with E-state index in [2.05, 4.69) is 44.8 Å². The number of aromatic amines is 1. The van der Waals surface area contributed by atoms with Crippen LogP contribution in [0.5, 0.6) is 5.75 Å². The summed E-state index contributed by atoms with van der Waals surface area (Å²) < 4.78 is 39.3. The minimum Gasteiger partial charge on any atom is -0.496 e. The maximum Gasteiger partial charge on any atom is 0.402 e. The summed E-state index contributed by atoms with van der Waals surface area (Å²) in [6.07, 6.45) is 4.05. The lowest BCUT2D eigenvalue weighted by molar-refractivity contribution is -0.610. The number of ether oxygens (including phenoxy) is 1. The molecule has 7 nitrogen and oxygen atoms in total. The number of pyridine rings is 1. The fourth-order valence-corrected chi connectivity index (χ4v) is 5.98. The number of aromatic nitrogens is 3. The number of hydrogen-bond donors (Lipinski definition) is 2. The van der Waals surface area contributed by atoms with Crippen molar-refractivity contribution in [1.82, 2.24) is 9.97 Å². The lowest BCUT2D eigenvalue weighted by Gasteiger charge is -2.41. The zero-order chi connectivity index (χ0) is 23.5. The highest BCUT2D eigenvalue weighted by molar-refractivity contribution is 8.69. The third-order valence-corrected chi connectivity index (χ3v) is 8.64. The van der Waals surface area contributed by atoms with Crippen molar-refractivity contribution in [2.45, 2.75) is 64.0 Å². The predicted molar refractivity (Wildman–Crippen MR) is 127 cm³/mol. The van der Waals surface area contributed by atoms with Crippen LogP contribution in [-0.4, -0.2) is 30.0 Å². The number of rotatable bonds is 5. The second-order valence-corrected chi connectivity index (χ2v) is 13.1. The second kappa shape index (κ2) is 7.74. The molecule has 0 radical (unpaired) electrons. The van der Waals surface area contributed by atoms with Crippen molar-refractivity contribution in [3.63, 3.8) is 0 Å². The molecule has 172 valence electrons. The number of H-pyrrole nitrogens is 1. The van der Waals surface area contributed by atoms with Crippen molar-refractivity contribution in [1.29, 1.82) is 0 Å². The van der Waals surface area contributed by atoms with Crippen LogP contribution in [0.4, 0.5) is 0 Å². The largest absolute Gasteiger partial charge is 0.496 e. The first kappa shape index (κ1) is 23.1. The van der Waals surface area contributed by atoms with Crippen molar-refractivity contribution in [3.8, 4) is 11.7 Å². The van der Waals surface area contributed by atoms with Gasteiger partial charge in [0, 0.05) is 22.4 Å². The van der Waals surface area contributed by atoms with Gasteiger partial charge in [-0.15, -0.1) is 0 Å². The van der Waals surface area contributed by atoms with E-state index < -0.39 is 9.15 Å². The van der Waals surface area contributed by atoms with Gasteiger partial charge in [-0.2, -0.15) is 8.42 Å². The van der Waals surface area contributed by atoms with Crippen LogP contribution in [0.3, 0.4) is 0 Å². The molecule has 1 aliphatic carbocycles. The van der Waals surface area contributed by atoms with Gasteiger partial charge in [-0.3, -0.25) is 4.55 Å². The highest BCUT2D eigenvalue weighted by Crippen LogP contribution is 2.46. The number of nitrogens with zero attached hydrogens (tertiary/aromatic N) is 2. The standard InChI is InChI=1S/C23H29N3O4S2/c1-14-19(13-31-32(27,28)29)26(10-7-20(14)30-6)21-24-17-11-15-16(12-18(17)25-21)23(4,5)9-8-22(15,2)3/h7,10-12H,8-9,13H2,1-6H3,(H-,24,25,27,28,29)/p+1. The molecular formula is C23H30N3O4S2+. The number of imidazole rings is 1. The number of methoxy groups -OCH3 is 1. The molecule has 2 aromatic heterocycles. The summed E-state index contributed by atoms with van der Waals surface area (Å²) in [5.74, 6) is 1.28. The summed E-state index contributed by atoms with van der Waals surface area (Å²) in [5.41, 5.74) is 6.12. The van der Waals surface area contributed by atoms with Crippen molar-refractivity contribution < 1.29 is 22.3 Å². The average Bonchev–Trinajstić information content (AvgIpc) is 3.12. The number of hydrogen-bond acceptors (Lipinski definition) is 5. The van der Waals surface area contributed by atoms with Gasteiger partial charge in [-0.25, -0.2) is 9.55 Å². The van der Waals surface area contributed by atoms with Crippen molar-refractivity contribution in [2.24, 2.45) is 0 Å². The van der Waals surface area contributed by atoms with Crippen LogP contribution in [0.1, 0.15) is 62.9 Å². The molecular weight excluding hydrogens is 446 g/mol. The fraction of sp³-hybridized carbons (Fsp3) is 0.478. The lowest BCUT2D eigenvalue weighted by Crippen LogP contribution is -2.37. The van der Waals surface area contributed by atoms with Crippen molar-refractivity contribution in [3.05, 3.63) is 46.8 Å². The van der Waals surface area contributed by atoms with Gasteiger partial charge in [-0.05, 0) is 53.9 Å². The molecule has 1 aromatic carbocycles. The molecule has 1 aliphatic rings. The Bertz CT molecular complexity index is 1260. The maximum atomic E-state index is 11.4. The zero-order valence-corrected chi connectivity index (χ0v) is 20.9. The number of nitrogens with one attached hydrogen (secondary N) is 1. The topological polar surface area (TPSA) is 96.2 Å². The predicted octanol–water partition coefficient (Wildman–Crippen LogP) is 4.54. The van der Waals surface area contributed by atoms with E-state index in [1.54, 1.807) is 13.3 Å². The van der Waals surface area contributed by atoms with E-state index in [4.69, 9.17) is 9.72 Å². The summed E-state index contributed by atoms with van der Waals surface area (Å²) in [5, 5.41) is 0. The van der Waals surface area contributed by atoms with E-state index in [1.807, 2.05) is 17.6 Å². The van der Waals surface area contributed by atoms with E-state index in [-0.39, 0.29) is 16.6 Å². The lowest BCUT2D eigenvalue weighted by atomic mass is 9.63. The van der Waals surface area contributed by atoms with Gasteiger partial charge >= 0.3 is 15.1 Å². The SMILES string of the molecule is COc1cc[n+](-c2nc3cc4c(cc3[nH]2)C(C)(C)CCC4(C)C)c(CSS(=O)(=O)O)c1C. The first-order valence-corrected chi connectivity index (χ1v) is 13.5.